The van der Waals surface area contributed by atoms with Gasteiger partial charge in [0.1, 0.15) is 0 Å². The molecule has 0 radical (unpaired) electrons. The van der Waals surface area contributed by atoms with Crippen LogP contribution in [0.4, 0.5) is 0 Å². The summed E-state index contributed by atoms with van der Waals surface area (Å²) in [7, 11) is 0. The van der Waals surface area contributed by atoms with E-state index in [2.05, 4.69) is 12.2 Å². The molecule has 0 aliphatic carbocycles. The second-order valence-electron chi connectivity index (χ2n) is 5.99. The van der Waals surface area contributed by atoms with E-state index in [-0.39, 0.29) is 18.1 Å². The summed E-state index contributed by atoms with van der Waals surface area (Å²) in [6.07, 6.45) is 4.47. The van der Waals surface area contributed by atoms with E-state index < -0.39 is 0 Å². The number of hydrogen-bond donors (Lipinski definition) is 2. The molecular weight excluding hydrogens is 228 g/mol. The zero-order chi connectivity index (χ0) is 13.1. The van der Waals surface area contributed by atoms with Gasteiger partial charge in [-0.25, -0.2) is 0 Å². The number of amides is 1. The van der Waals surface area contributed by atoms with E-state index in [0.29, 0.717) is 11.9 Å². The molecule has 2 unspecified atom stereocenters. The Kier molecular flexibility index (Phi) is 4.62. The third kappa shape index (κ3) is 3.23. The average Bonchev–Trinajstić information content (AvgIpc) is 2.75. The average molecular weight is 254 g/mol. The lowest BCUT2D eigenvalue weighted by atomic mass is 9.91. The Morgan fingerprint density at radius 2 is 2.28 bits per heavy atom. The van der Waals surface area contributed by atoms with Gasteiger partial charge in [-0.05, 0) is 52.5 Å². The van der Waals surface area contributed by atoms with Crippen LogP contribution in [0.3, 0.4) is 0 Å². The van der Waals surface area contributed by atoms with E-state index in [1.165, 1.54) is 0 Å². The van der Waals surface area contributed by atoms with E-state index in [4.69, 9.17) is 0 Å². The molecule has 2 fully saturated rings. The van der Waals surface area contributed by atoms with Gasteiger partial charge < -0.3 is 15.3 Å². The Labute approximate surface area is 110 Å². The van der Waals surface area contributed by atoms with Crippen molar-refractivity contribution in [3.63, 3.8) is 0 Å². The molecular formula is C14H26N2O2. The maximum atomic E-state index is 12.6. The fourth-order valence-electron chi connectivity index (χ4n) is 3.36. The molecule has 4 atom stereocenters. The SMILES string of the molecule is CC(O)CC1CCCN1C(=O)[C@H]1CCN[C@@H](C)C1. The molecule has 2 aliphatic heterocycles. The number of aliphatic hydroxyl groups is 1. The van der Waals surface area contributed by atoms with E-state index >= 15 is 0 Å². The van der Waals surface area contributed by atoms with E-state index in [0.717, 1.165) is 45.2 Å². The predicted molar refractivity (Wildman–Crippen MR) is 71.2 cm³/mol. The molecule has 0 aromatic carbocycles. The Balaban J connectivity index is 1.94. The fourth-order valence-corrected chi connectivity index (χ4v) is 3.36. The molecule has 2 N–H and O–H groups in total. The first-order valence-corrected chi connectivity index (χ1v) is 7.30. The lowest BCUT2D eigenvalue weighted by Gasteiger charge is -2.33. The predicted octanol–water partition coefficient (Wildman–Crippen LogP) is 1.14. The van der Waals surface area contributed by atoms with Crippen LogP contribution in [0.5, 0.6) is 0 Å². The van der Waals surface area contributed by atoms with Crippen molar-refractivity contribution in [1.82, 2.24) is 10.2 Å². The fraction of sp³-hybridized carbons (Fsp3) is 0.929. The van der Waals surface area contributed by atoms with E-state index in [1.54, 1.807) is 0 Å². The van der Waals surface area contributed by atoms with Crippen molar-refractivity contribution in [2.45, 2.75) is 64.1 Å². The van der Waals surface area contributed by atoms with Gasteiger partial charge in [0.15, 0.2) is 0 Å². The zero-order valence-electron chi connectivity index (χ0n) is 11.6. The van der Waals surface area contributed by atoms with Gasteiger partial charge in [-0.2, -0.15) is 0 Å². The number of likely N-dealkylation sites (tertiary alicyclic amines) is 1. The number of hydrogen-bond acceptors (Lipinski definition) is 3. The summed E-state index contributed by atoms with van der Waals surface area (Å²) in [5, 5.41) is 12.9. The number of carbonyl (C=O) groups excluding carboxylic acids is 1. The lowest BCUT2D eigenvalue weighted by Crippen LogP contribution is -2.46. The molecule has 2 saturated heterocycles. The molecule has 2 heterocycles. The molecule has 4 heteroatoms. The molecule has 2 rings (SSSR count). The van der Waals surface area contributed by atoms with Crippen LogP contribution in [0.15, 0.2) is 0 Å². The van der Waals surface area contributed by atoms with Gasteiger partial charge in [0, 0.05) is 24.5 Å². The van der Waals surface area contributed by atoms with Gasteiger partial charge in [-0.15, -0.1) is 0 Å². The number of piperidine rings is 1. The largest absolute Gasteiger partial charge is 0.393 e. The smallest absolute Gasteiger partial charge is 0.226 e. The summed E-state index contributed by atoms with van der Waals surface area (Å²) in [4.78, 5) is 14.6. The molecule has 104 valence electrons. The monoisotopic (exact) mass is 254 g/mol. The zero-order valence-corrected chi connectivity index (χ0v) is 11.6. The van der Waals surface area contributed by atoms with Crippen LogP contribution >= 0.6 is 0 Å². The Bertz CT molecular complexity index is 294. The molecule has 0 aromatic heterocycles. The van der Waals surface area contributed by atoms with Crippen molar-refractivity contribution in [2.75, 3.05) is 13.1 Å². The lowest BCUT2D eigenvalue weighted by molar-refractivity contribution is -0.138. The van der Waals surface area contributed by atoms with Crippen LogP contribution in [-0.2, 0) is 4.79 Å². The quantitative estimate of drug-likeness (QED) is 0.794. The Morgan fingerprint density at radius 1 is 1.50 bits per heavy atom. The van der Waals surface area contributed by atoms with Crippen molar-refractivity contribution in [1.29, 1.82) is 0 Å². The topological polar surface area (TPSA) is 52.6 Å². The highest BCUT2D eigenvalue weighted by Gasteiger charge is 2.34. The highest BCUT2D eigenvalue weighted by atomic mass is 16.3. The number of rotatable bonds is 3. The molecule has 0 saturated carbocycles. The normalized spacial score (nSPS) is 34.6. The molecule has 0 bridgehead atoms. The standard InChI is InChI=1S/C14H26N2O2/c1-10-8-12(5-6-15-10)14(18)16-7-3-4-13(16)9-11(2)17/h10-13,15,17H,3-9H2,1-2H3/t10-,11?,12-,13?/m0/s1. The first-order chi connectivity index (χ1) is 8.58. The van der Waals surface area contributed by atoms with Crippen LogP contribution in [0, 0.1) is 5.92 Å². The summed E-state index contributed by atoms with van der Waals surface area (Å²) in [5.41, 5.74) is 0. The van der Waals surface area contributed by atoms with Crippen LogP contribution in [-0.4, -0.2) is 47.2 Å². The Morgan fingerprint density at radius 3 is 2.94 bits per heavy atom. The maximum Gasteiger partial charge on any atom is 0.226 e. The van der Waals surface area contributed by atoms with Crippen LogP contribution in [0.2, 0.25) is 0 Å². The molecule has 2 aliphatic rings. The number of nitrogens with zero attached hydrogens (tertiary/aromatic N) is 1. The van der Waals surface area contributed by atoms with E-state index in [1.807, 2.05) is 11.8 Å². The van der Waals surface area contributed by atoms with Crippen molar-refractivity contribution < 1.29 is 9.90 Å². The first kappa shape index (κ1) is 13.8. The van der Waals surface area contributed by atoms with Crippen LogP contribution in [0.1, 0.15) is 46.0 Å². The summed E-state index contributed by atoms with van der Waals surface area (Å²) in [5.74, 6) is 0.516. The van der Waals surface area contributed by atoms with Gasteiger partial charge in [0.2, 0.25) is 5.91 Å². The highest BCUT2D eigenvalue weighted by molar-refractivity contribution is 5.79. The first-order valence-electron chi connectivity index (χ1n) is 7.30. The van der Waals surface area contributed by atoms with Gasteiger partial charge in [-0.1, -0.05) is 0 Å². The maximum absolute atomic E-state index is 12.6. The molecule has 4 nitrogen and oxygen atoms in total. The third-order valence-corrected chi connectivity index (χ3v) is 4.25. The molecule has 0 spiro atoms. The minimum atomic E-state index is -0.310. The molecule has 1 amide bonds. The van der Waals surface area contributed by atoms with Crippen molar-refractivity contribution in [3.8, 4) is 0 Å². The molecule has 0 aromatic rings. The second kappa shape index (κ2) is 6.02. The van der Waals surface area contributed by atoms with Gasteiger partial charge in [0.25, 0.3) is 0 Å². The number of nitrogens with one attached hydrogen (secondary N) is 1. The molecule has 18 heavy (non-hydrogen) atoms. The van der Waals surface area contributed by atoms with Crippen molar-refractivity contribution in [3.05, 3.63) is 0 Å². The van der Waals surface area contributed by atoms with Crippen LogP contribution < -0.4 is 5.32 Å². The summed E-state index contributed by atoms with van der Waals surface area (Å²) < 4.78 is 0. The number of carbonyl (C=O) groups is 1. The minimum absolute atomic E-state index is 0.191. The summed E-state index contributed by atoms with van der Waals surface area (Å²) in [6, 6.07) is 0.716. The minimum Gasteiger partial charge on any atom is -0.393 e. The van der Waals surface area contributed by atoms with Gasteiger partial charge >= 0.3 is 0 Å². The van der Waals surface area contributed by atoms with E-state index in [9.17, 15) is 9.90 Å². The van der Waals surface area contributed by atoms with Crippen LogP contribution in [0.25, 0.3) is 0 Å². The summed E-state index contributed by atoms with van der Waals surface area (Å²) in [6.45, 7) is 5.80. The van der Waals surface area contributed by atoms with Gasteiger partial charge in [-0.3, -0.25) is 4.79 Å². The van der Waals surface area contributed by atoms with Gasteiger partial charge in [0.05, 0.1) is 6.10 Å². The third-order valence-electron chi connectivity index (χ3n) is 4.25. The van der Waals surface area contributed by atoms with Crippen molar-refractivity contribution in [2.24, 2.45) is 5.92 Å². The van der Waals surface area contributed by atoms with Crippen molar-refractivity contribution >= 4 is 5.91 Å². The number of aliphatic hydroxyl groups excluding tert-OH is 1. The summed E-state index contributed by atoms with van der Waals surface area (Å²) >= 11 is 0. The Hall–Kier alpha value is -0.610. The highest BCUT2D eigenvalue weighted by Crippen LogP contribution is 2.27. The second-order valence-corrected chi connectivity index (χ2v) is 5.99.